The molecule has 0 saturated carbocycles. The molecule has 0 fully saturated rings. The van der Waals surface area contributed by atoms with Gasteiger partial charge in [0.1, 0.15) is 11.4 Å². The van der Waals surface area contributed by atoms with Gasteiger partial charge in [-0.3, -0.25) is 24.4 Å². The van der Waals surface area contributed by atoms with Crippen molar-refractivity contribution in [2.75, 3.05) is 14.2 Å². The maximum Gasteiger partial charge on any atom is 0.326 e. The minimum absolute atomic E-state index is 0.0975. The van der Waals surface area contributed by atoms with Crippen molar-refractivity contribution in [3.05, 3.63) is 21.5 Å². The lowest BCUT2D eigenvalue weighted by molar-refractivity contribution is -0.386. The molecule has 0 bridgehead atoms. The van der Waals surface area contributed by atoms with E-state index in [1.807, 2.05) is 0 Å². The summed E-state index contributed by atoms with van der Waals surface area (Å²) in [6.45, 7) is 1.41. The molecular weight excluding hydrogens is 258 g/mol. The number of ether oxygens (including phenoxy) is 2. The number of nitrogens with zero attached hydrogens (tertiary/aromatic N) is 3. The lowest BCUT2D eigenvalue weighted by Gasteiger charge is -2.12. The zero-order chi connectivity index (χ0) is 14.7. The molecule has 0 unspecified atom stereocenters. The molecule has 9 heteroatoms. The van der Waals surface area contributed by atoms with Gasteiger partial charge in [0.25, 0.3) is 0 Å². The van der Waals surface area contributed by atoms with Crippen LogP contribution in [0, 0.1) is 17.0 Å². The van der Waals surface area contributed by atoms with Crippen molar-refractivity contribution in [1.29, 1.82) is 0 Å². The molecule has 0 saturated heterocycles. The molecule has 1 rings (SSSR count). The number of esters is 2. The first kappa shape index (κ1) is 14.6. The Kier molecular flexibility index (Phi) is 4.20. The standard InChI is InChI=1S/C10H13N3O6/c1-5-7(13(16)17)8(12(2)11-5)6(9(14)18-3)10(15)19-4/h6H,1-4H3. The lowest BCUT2D eigenvalue weighted by Crippen LogP contribution is -2.27. The van der Waals surface area contributed by atoms with Crippen LogP contribution in [0.25, 0.3) is 0 Å². The number of aromatic nitrogens is 2. The Balaban J connectivity index is 3.50. The van der Waals surface area contributed by atoms with Crippen LogP contribution in [-0.2, 0) is 26.1 Å². The van der Waals surface area contributed by atoms with Crippen LogP contribution in [0.3, 0.4) is 0 Å². The van der Waals surface area contributed by atoms with Crippen molar-refractivity contribution >= 4 is 17.6 Å². The summed E-state index contributed by atoms with van der Waals surface area (Å²) in [4.78, 5) is 33.7. The molecule has 0 aliphatic carbocycles. The maximum atomic E-state index is 11.7. The van der Waals surface area contributed by atoms with Gasteiger partial charge in [0.05, 0.1) is 19.1 Å². The van der Waals surface area contributed by atoms with Crippen LogP contribution in [-0.4, -0.2) is 40.9 Å². The van der Waals surface area contributed by atoms with Gasteiger partial charge in [-0.15, -0.1) is 0 Å². The van der Waals surface area contributed by atoms with Gasteiger partial charge >= 0.3 is 17.6 Å². The Hall–Kier alpha value is -2.45. The maximum absolute atomic E-state index is 11.7. The van der Waals surface area contributed by atoms with Gasteiger partial charge in [-0.2, -0.15) is 5.10 Å². The monoisotopic (exact) mass is 271 g/mol. The van der Waals surface area contributed by atoms with Crippen LogP contribution in [0.1, 0.15) is 17.3 Å². The Bertz CT molecular complexity index is 520. The number of carbonyl (C=O) groups excluding carboxylic acids is 2. The molecule has 0 radical (unpaired) electrons. The molecule has 0 aliphatic heterocycles. The van der Waals surface area contributed by atoms with Crippen LogP contribution in [0.4, 0.5) is 5.69 Å². The fraction of sp³-hybridized carbons (Fsp3) is 0.500. The second-order valence-electron chi connectivity index (χ2n) is 3.68. The summed E-state index contributed by atoms with van der Waals surface area (Å²) in [6, 6.07) is 0. The molecule has 1 heterocycles. The molecule has 1 aromatic heterocycles. The van der Waals surface area contributed by atoms with E-state index in [9.17, 15) is 19.7 Å². The van der Waals surface area contributed by atoms with E-state index < -0.39 is 28.5 Å². The first-order valence-corrected chi connectivity index (χ1v) is 5.18. The van der Waals surface area contributed by atoms with Crippen molar-refractivity contribution in [3.63, 3.8) is 0 Å². The summed E-state index contributed by atoms with van der Waals surface area (Å²) >= 11 is 0. The smallest absolute Gasteiger partial charge is 0.326 e. The Morgan fingerprint density at radius 3 is 2.16 bits per heavy atom. The average Bonchev–Trinajstić information content (AvgIpc) is 2.64. The number of hydrogen-bond acceptors (Lipinski definition) is 7. The van der Waals surface area contributed by atoms with Gasteiger partial charge in [-0.1, -0.05) is 0 Å². The van der Waals surface area contributed by atoms with Crippen molar-refractivity contribution in [2.45, 2.75) is 12.8 Å². The molecule has 19 heavy (non-hydrogen) atoms. The minimum atomic E-state index is -1.54. The van der Waals surface area contributed by atoms with E-state index in [2.05, 4.69) is 14.6 Å². The van der Waals surface area contributed by atoms with Crippen molar-refractivity contribution in [3.8, 4) is 0 Å². The van der Waals surface area contributed by atoms with Gasteiger partial charge in [-0.25, -0.2) is 0 Å². The minimum Gasteiger partial charge on any atom is -0.468 e. The van der Waals surface area contributed by atoms with Gasteiger partial charge < -0.3 is 9.47 Å². The normalized spacial score (nSPS) is 10.4. The quantitative estimate of drug-likeness (QED) is 0.329. The van der Waals surface area contributed by atoms with E-state index in [-0.39, 0.29) is 11.4 Å². The SMILES string of the molecule is COC(=O)C(C(=O)OC)c1c([N+](=O)[O-])c(C)nn1C. The summed E-state index contributed by atoms with van der Waals surface area (Å²) in [6.07, 6.45) is 0. The Labute approximate surface area is 108 Å². The zero-order valence-corrected chi connectivity index (χ0v) is 10.9. The highest BCUT2D eigenvalue weighted by molar-refractivity contribution is 6.01. The first-order chi connectivity index (χ1) is 8.84. The fourth-order valence-corrected chi connectivity index (χ4v) is 1.77. The summed E-state index contributed by atoms with van der Waals surface area (Å²) in [7, 11) is 3.55. The van der Waals surface area contributed by atoms with E-state index in [0.29, 0.717) is 0 Å². The topological polar surface area (TPSA) is 114 Å². The van der Waals surface area contributed by atoms with Gasteiger partial charge in [-0.05, 0) is 6.92 Å². The number of methoxy groups -OCH3 is 2. The predicted octanol–water partition coefficient (Wildman–Crippen LogP) is 0.0663. The number of aryl methyl sites for hydroxylation is 2. The largest absolute Gasteiger partial charge is 0.468 e. The molecule has 0 atom stereocenters. The second kappa shape index (κ2) is 5.46. The molecular formula is C10H13N3O6. The summed E-state index contributed by atoms with van der Waals surface area (Å²) in [5.41, 5.74) is -0.468. The molecule has 9 nitrogen and oxygen atoms in total. The third-order valence-electron chi connectivity index (χ3n) is 2.56. The molecule has 104 valence electrons. The molecule has 0 spiro atoms. The van der Waals surface area contributed by atoms with E-state index in [1.54, 1.807) is 0 Å². The second-order valence-corrected chi connectivity index (χ2v) is 3.68. The van der Waals surface area contributed by atoms with Crippen LogP contribution in [0.2, 0.25) is 0 Å². The summed E-state index contributed by atoms with van der Waals surface area (Å²) in [5.74, 6) is -3.43. The van der Waals surface area contributed by atoms with Crippen LogP contribution in [0.5, 0.6) is 0 Å². The highest BCUT2D eigenvalue weighted by Crippen LogP contribution is 2.30. The predicted molar refractivity (Wildman–Crippen MR) is 61.4 cm³/mol. The first-order valence-electron chi connectivity index (χ1n) is 5.18. The number of hydrogen-bond donors (Lipinski definition) is 0. The summed E-state index contributed by atoms with van der Waals surface area (Å²) < 4.78 is 10.1. The van der Waals surface area contributed by atoms with E-state index in [0.717, 1.165) is 18.9 Å². The zero-order valence-electron chi connectivity index (χ0n) is 10.9. The molecule has 0 aliphatic rings. The van der Waals surface area contributed by atoms with Gasteiger partial charge in [0.2, 0.25) is 5.92 Å². The van der Waals surface area contributed by atoms with E-state index in [1.165, 1.54) is 14.0 Å². The Morgan fingerprint density at radius 2 is 1.79 bits per heavy atom. The van der Waals surface area contributed by atoms with Crippen molar-refractivity contribution in [2.24, 2.45) is 7.05 Å². The van der Waals surface area contributed by atoms with Gasteiger partial charge in [0.15, 0.2) is 0 Å². The van der Waals surface area contributed by atoms with E-state index >= 15 is 0 Å². The number of nitro groups is 1. The third-order valence-corrected chi connectivity index (χ3v) is 2.56. The number of carbonyl (C=O) groups is 2. The molecule has 0 amide bonds. The molecule has 0 aromatic carbocycles. The highest BCUT2D eigenvalue weighted by atomic mass is 16.6. The third kappa shape index (κ3) is 2.54. The molecule has 0 N–H and O–H groups in total. The van der Waals surface area contributed by atoms with E-state index in [4.69, 9.17) is 0 Å². The highest BCUT2D eigenvalue weighted by Gasteiger charge is 2.40. The lowest BCUT2D eigenvalue weighted by atomic mass is 10.0. The number of rotatable bonds is 4. The summed E-state index contributed by atoms with van der Waals surface area (Å²) in [5, 5.41) is 14.9. The van der Waals surface area contributed by atoms with Gasteiger partial charge in [0, 0.05) is 7.05 Å². The van der Waals surface area contributed by atoms with Crippen molar-refractivity contribution < 1.29 is 24.0 Å². The van der Waals surface area contributed by atoms with Crippen LogP contribution < -0.4 is 0 Å². The van der Waals surface area contributed by atoms with Crippen molar-refractivity contribution in [1.82, 2.24) is 9.78 Å². The Morgan fingerprint density at radius 1 is 1.32 bits per heavy atom. The molecule has 1 aromatic rings. The average molecular weight is 271 g/mol. The van der Waals surface area contributed by atoms with Crippen LogP contribution in [0.15, 0.2) is 0 Å². The van der Waals surface area contributed by atoms with Crippen LogP contribution >= 0.6 is 0 Å². The fourth-order valence-electron chi connectivity index (χ4n) is 1.77.